The number of rotatable bonds is 0. The zero-order chi connectivity index (χ0) is 29.3. The van der Waals surface area contributed by atoms with Crippen molar-refractivity contribution < 1.29 is 37.4 Å². The van der Waals surface area contributed by atoms with Gasteiger partial charge >= 0.3 is 35.5 Å². The minimum absolute atomic E-state index is 0.291. The van der Waals surface area contributed by atoms with Crippen molar-refractivity contribution in [3.05, 3.63) is 132 Å². The molecule has 0 saturated heterocycles. The van der Waals surface area contributed by atoms with Gasteiger partial charge in [0.25, 0.3) is 22.8 Å². The van der Waals surface area contributed by atoms with E-state index in [4.69, 9.17) is 0 Å². The lowest BCUT2D eigenvalue weighted by atomic mass is 10.1. The van der Waals surface area contributed by atoms with Gasteiger partial charge < -0.3 is 0 Å². The second-order valence-corrected chi connectivity index (χ2v) is 11.4. The third kappa shape index (κ3) is 1.92. The first-order chi connectivity index (χ1) is 21.5. The van der Waals surface area contributed by atoms with E-state index in [1.807, 2.05) is 24.3 Å². The fourth-order valence-electron chi connectivity index (χ4n) is 8.17. The molecule has 0 bridgehead atoms. The van der Waals surface area contributed by atoms with Crippen molar-refractivity contribution >= 4 is 46.4 Å². The highest BCUT2D eigenvalue weighted by atomic mass is 16.2. The van der Waals surface area contributed by atoms with Crippen molar-refractivity contribution in [3.63, 3.8) is 0 Å². The maximum Gasteiger partial charge on any atom is 0.558 e. The molecule has 0 atom stereocenters. The van der Waals surface area contributed by atoms with Gasteiger partial charge in [-0.05, 0) is 36.4 Å². The summed E-state index contributed by atoms with van der Waals surface area (Å²) in [5.74, 6) is -3.92. The fourth-order valence-corrected chi connectivity index (χ4v) is 8.17. The Hall–Kier alpha value is -6.30. The topological polar surface area (TPSA) is 96.8 Å². The highest BCUT2D eigenvalue weighted by Gasteiger charge is 2.84. The standard InChI is InChI=1S/C32H18N8O4/c41-27-19-9-1-5-13-33(19)31-34-14-6-2-10-20(34)28(42)38(31)24-18-26-25(17-23(24)37(27)31)39-29(43)21-11-3-7-15-35(21)32(39)36-16-8-4-12-22(36)30(44)40(26)32/h1-18H/q+4. The van der Waals surface area contributed by atoms with Crippen LogP contribution in [0.5, 0.6) is 0 Å². The molecule has 0 unspecified atom stereocenters. The van der Waals surface area contributed by atoms with Gasteiger partial charge in [-0.1, -0.05) is 18.3 Å². The highest BCUT2D eigenvalue weighted by molar-refractivity contribution is 6.22. The van der Waals surface area contributed by atoms with E-state index in [0.717, 1.165) is 0 Å². The maximum absolute atomic E-state index is 14.3. The predicted molar refractivity (Wildman–Crippen MR) is 147 cm³/mol. The Balaban J connectivity index is 1.24. The molecule has 0 saturated carbocycles. The minimum atomic E-state index is -1.38. The van der Waals surface area contributed by atoms with Crippen molar-refractivity contribution in [2.24, 2.45) is 0 Å². The third-order valence-corrected chi connectivity index (χ3v) is 9.66. The Bertz CT molecular complexity index is 2020. The van der Waals surface area contributed by atoms with E-state index in [1.54, 1.807) is 123 Å². The summed E-state index contributed by atoms with van der Waals surface area (Å²) < 4.78 is 7.22. The molecule has 0 fully saturated rings. The lowest BCUT2D eigenvalue weighted by Gasteiger charge is -2.21. The number of carbonyl (C=O) groups excluding carboxylic acids is 4. The molecule has 4 amide bonds. The first-order valence-electron chi connectivity index (χ1n) is 14.1. The number of nitrogens with zero attached hydrogens (tertiary/aromatic N) is 8. The second kappa shape index (κ2) is 6.68. The number of hydrogen-bond acceptors (Lipinski definition) is 4. The molecule has 5 aromatic rings. The van der Waals surface area contributed by atoms with Crippen LogP contribution in [0, 0.1) is 0 Å². The summed E-state index contributed by atoms with van der Waals surface area (Å²) >= 11 is 0. The van der Waals surface area contributed by atoms with Crippen LogP contribution < -0.4 is 37.9 Å². The summed E-state index contributed by atoms with van der Waals surface area (Å²) in [6, 6.07) is 25.0. The average Bonchev–Trinajstić information content (AvgIpc) is 3.81. The molecule has 10 heterocycles. The van der Waals surface area contributed by atoms with E-state index in [2.05, 4.69) is 0 Å². The molecule has 6 aliphatic rings. The van der Waals surface area contributed by atoms with Crippen LogP contribution in [-0.4, -0.2) is 23.6 Å². The summed E-state index contributed by atoms with van der Waals surface area (Å²) in [6.07, 6.45) is 7.17. The lowest BCUT2D eigenvalue weighted by molar-refractivity contribution is -0.979. The smallest absolute Gasteiger partial charge is 0.261 e. The predicted octanol–water partition coefficient (Wildman–Crippen LogP) is 0.337. The van der Waals surface area contributed by atoms with Crippen molar-refractivity contribution in [1.29, 1.82) is 0 Å². The first-order valence-corrected chi connectivity index (χ1v) is 14.1. The number of hydrogen-bond donors (Lipinski definition) is 0. The largest absolute Gasteiger partial charge is 0.558 e. The third-order valence-electron chi connectivity index (χ3n) is 9.66. The van der Waals surface area contributed by atoms with E-state index in [9.17, 15) is 19.2 Å². The molecule has 12 nitrogen and oxygen atoms in total. The normalized spacial score (nSPS) is 19.3. The highest BCUT2D eigenvalue weighted by Crippen LogP contribution is 2.58. The summed E-state index contributed by atoms with van der Waals surface area (Å²) in [6.45, 7) is 0. The van der Waals surface area contributed by atoms with Crippen LogP contribution in [-0.2, 0) is 11.8 Å². The summed E-state index contributed by atoms with van der Waals surface area (Å²) in [5.41, 5.74) is 3.50. The first kappa shape index (κ1) is 22.3. The zero-order valence-electron chi connectivity index (χ0n) is 22.6. The van der Waals surface area contributed by atoms with Crippen molar-refractivity contribution in [3.8, 4) is 0 Å². The molecule has 6 aliphatic heterocycles. The van der Waals surface area contributed by atoms with Crippen molar-refractivity contribution in [2.45, 2.75) is 11.8 Å². The van der Waals surface area contributed by atoms with Gasteiger partial charge in [0.1, 0.15) is 0 Å². The van der Waals surface area contributed by atoms with Crippen molar-refractivity contribution in [1.82, 2.24) is 0 Å². The SMILES string of the molecule is O=C1c2cccc[n+]2C23N1c1cc4c(cc1N2C(=O)c1cccc[n+]13)N1C(=O)c2cccc[n+]2C12N4C(=O)c1cccc[n+]12. The van der Waals surface area contributed by atoms with Crippen LogP contribution in [0.1, 0.15) is 42.0 Å². The number of fused-ring (bicyclic) bond motifs is 10. The van der Waals surface area contributed by atoms with Crippen LogP contribution in [0.15, 0.2) is 110 Å². The quantitative estimate of drug-likeness (QED) is 0.248. The van der Waals surface area contributed by atoms with Gasteiger partial charge in [-0.3, -0.25) is 19.2 Å². The molecular formula is C32H18N8O4+4. The summed E-state index contributed by atoms with van der Waals surface area (Å²) in [4.78, 5) is 63.6. The Morgan fingerprint density at radius 2 is 0.636 bits per heavy atom. The number of anilines is 4. The molecule has 4 aromatic heterocycles. The maximum atomic E-state index is 14.3. The lowest BCUT2D eigenvalue weighted by Crippen LogP contribution is -2.80. The van der Waals surface area contributed by atoms with Crippen LogP contribution in [0.3, 0.4) is 0 Å². The molecule has 0 radical (unpaired) electrons. The van der Waals surface area contributed by atoms with E-state index in [0.29, 0.717) is 45.5 Å². The summed E-state index contributed by atoms with van der Waals surface area (Å²) in [5, 5.41) is 0. The minimum Gasteiger partial charge on any atom is -0.261 e. The fraction of sp³-hybridized carbons (Fsp3) is 0.0625. The Kier molecular flexibility index (Phi) is 3.39. The van der Waals surface area contributed by atoms with Crippen LogP contribution in [0.2, 0.25) is 0 Å². The molecule has 44 heavy (non-hydrogen) atoms. The zero-order valence-corrected chi connectivity index (χ0v) is 22.6. The number of amides is 4. The molecule has 0 N–H and O–H groups in total. The van der Waals surface area contributed by atoms with Crippen molar-refractivity contribution in [2.75, 3.05) is 19.6 Å². The van der Waals surface area contributed by atoms with E-state index in [-0.39, 0.29) is 23.6 Å². The Morgan fingerprint density at radius 1 is 0.386 bits per heavy atom. The average molecular weight is 579 g/mol. The number of pyridine rings is 4. The van der Waals surface area contributed by atoms with E-state index >= 15 is 0 Å². The van der Waals surface area contributed by atoms with Gasteiger partial charge in [0.15, 0.2) is 24.8 Å². The van der Waals surface area contributed by atoms with Crippen LogP contribution in [0.25, 0.3) is 0 Å². The molecule has 206 valence electrons. The Morgan fingerprint density at radius 3 is 0.886 bits per heavy atom. The Labute approximate surface area is 247 Å². The van der Waals surface area contributed by atoms with Crippen LogP contribution in [0.4, 0.5) is 22.7 Å². The van der Waals surface area contributed by atoms with Gasteiger partial charge in [0.2, 0.25) is 0 Å². The molecule has 0 aliphatic carbocycles. The van der Waals surface area contributed by atoms with Gasteiger partial charge in [0.05, 0.1) is 22.7 Å². The molecule has 2 spiro atoms. The van der Waals surface area contributed by atoms with Gasteiger partial charge in [-0.2, -0.15) is 19.6 Å². The molecule has 12 heteroatoms. The molecular weight excluding hydrogens is 560 g/mol. The van der Waals surface area contributed by atoms with Gasteiger partial charge in [-0.15, -0.1) is 0 Å². The van der Waals surface area contributed by atoms with Gasteiger partial charge in [-0.25, -0.2) is 0 Å². The van der Waals surface area contributed by atoms with E-state index in [1.165, 1.54) is 0 Å². The summed E-state index contributed by atoms with van der Waals surface area (Å²) in [7, 11) is 0. The second-order valence-electron chi connectivity index (χ2n) is 11.4. The number of carbonyl (C=O) groups is 4. The van der Waals surface area contributed by atoms with Crippen LogP contribution >= 0.6 is 0 Å². The number of aromatic nitrogens is 4. The van der Waals surface area contributed by atoms with Gasteiger partial charge in [0, 0.05) is 48.5 Å². The molecule has 1 aromatic carbocycles. The monoisotopic (exact) mass is 578 g/mol. The van der Waals surface area contributed by atoms with E-state index < -0.39 is 11.8 Å². The number of benzene rings is 1. The molecule has 11 rings (SSSR count).